The van der Waals surface area contributed by atoms with E-state index < -0.39 is 23.9 Å². The molecule has 0 atom stereocenters. The first-order chi connectivity index (χ1) is 45.8. The average Bonchev–Trinajstić information content (AvgIpc) is 0.880. The summed E-state index contributed by atoms with van der Waals surface area (Å²) in [6.45, 7) is 13.0. The molecule has 27 nitrogen and oxygen atoms in total. The first kappa shape index (κ1) is 100. The number of allylic oxidation sites excluding steroid dienone is 4. The van der Waals surface area contributed by atoms with Crippen LogP contribution in [0.15, 0.2) is 196 Å². The number of esters is 3. The van der Waals surface area contributed by atoms with E-state index in [1.807, 2.05) is 6.07 Å². The number of carbonyl (C=O) groups is 4. The van der Waals surface area contributed by atoms with Crippen LogP contribution in [0.1, 0.15) is 89.3 Å². The standard InChI is InChI=1S/3C13H18FN3O2.C11H14FN3O2.C7H6BrF.C7H6FN3.CH4.Li.N3.Na.H2O/c2*1-3-19-13(18)12(15)9(2)17(16)8-10-5-4-6-11(14)7-10;1-3-19-13(18)12(9(2)15)17(16)8-10-5-4-6-11(14)7-10;1-7(10(13)11(16)17)15(14)6-8-3-2-4-9(12)5-8;8-5-6-2-1-3-7(9)4-6;8-7-3-1-2-6(4-7)5-10-11-9;;;1-3-2;;/h3*4-7H,3,8,15-16H2,1-2H3;2-5H,6,13-14H2,1H3,(H,16,17);1-4H,5H2;1-4H,5H2;1H4;;;;1H2/q;;;;;;;+1;-1;+1;/p-1/b3*12-9-;10-7-;;;;;;;. The molecule has 0 radical (unpaired) electrons. The van der Waals surface area contributed by atoms with Gasteiger partial charge in [0.15, 0.2) is 5.70 Å². The SMILES string of the molecule is C.C/C(=C(/N)C(=O)O)N(N)Cc1cccc(F)c1.CCOC(=O)/C(=C(\C)N)N(N)Cc1cccc(F)c1.CCOC(=O)/C(N)=C(\C)N(N)Cc1cccc(F)c1.CCOC(=O)/C(N)=C(\C)N(N)Cc1cccc(F)c1.Fc1cccc(CBr)c1.[Li+].[N-]=[N+]=NCc1cccc(F)c1.[N-]=[N+]=[N-].[Na+].[OH-]. The molecule has 6 aromatic rings. The number of hydrogen-bond acceptors (Lipinski definition) is 21. The summed E-state index contributed by atoms with van der Waals surface area (Å²) < 4.78 is 91.3. The van der Waals surface area contributed by atoms with Crippen molar-refractivity contribution in [3.8, 4) is 0 Å². The Balaban J connectivity index is -0.000000364. The van der Waals surface area contributed by atoms with Gasteiger partial charge in [-0.15, -0.1) is 0 Å². The molecule has 0 aromatic heterocycles. The number of rotatable bonds is 22. The number of benzene rings is 6. The number of carbonyl (C=O) groups excluding carboxylic acids is 3. The third-order valence-electron chi connectivity index (χ3n) is 12.0. The minimum absolute atomic E-state index is 0. The second-order valence-electron chi connectivity index (χ2n) is 19.4. The zero-order valence-electron chi connectivity index (χ0n) is 56.7. The van der Waals surface area contributed by atoms with Crippen molar-refractivity contribution in [1.82, 2.24) is 20.0 Å². The largest absolute Gasteiger partial charge is 1.00 e. The van der Waals surface area contributed by atoms with Gasteiger partial charge in [-0.1, -0.05) is 101 Å². The van der Waals surface area contributed by atoms with Gasteiger partial charge in [0, 0.05) is 15.9 Å². The van der Waals surface area contributed by atoms with Crippen LogP contribution in [0.2, 0.25) is 0 Å². The quantitative estimate of drug-likeness (QED) is 0.00359. The summed E-state index contributed by atoms with van der Waals surface area (Å²) >= 11 is 3.22. The molecule has 0 aliphatic rings. The number of carboxylic acid groups (broad SMARTS) is 1. The Hall–Kier alpha value is -9.36. The van der Waals surface area contributed by atoms with Gasteiger partial charge in [0.25, 0.3) is 0 Å². The third-order valence-corrected chi connectivity index (χ3v) is 12.7. The number of ether oxygens (including phenoxy) is 3. The maximum absolute atomic E-state index is 13.1. The van der Waals surface area contributed by atoms with Crippen molar-refractivity contribution in [3.05, 3.63) is 286 Å². The predicted molar refractivity (Wildman–Crippen MR) is 367 cm³/mol. The van der Waals surface area contributed by atoms with Gasteiger partial charge < -0.3 is 73.8 Å². The van der Waals surface area contributed by atoms with Gasteiger partial charge in [-0.05, 0) is 160 Å². The van der Waals surface area contributed by atoms with Crippen LogP contribution < -0.4 is 94.7 Å². The van der Waals surface area contributed by atoms with Crippen LogP contribution in [-0.4, -0.2) is 74.3 Å². The summed E-state index contributed by atoms with van der Waals surface area (Å²) in [5.41, 5.74) is 48.8. The van der Waals surface area contributed by atoms with Crippen LogP contribution in [0.25, 0.3) is 26.4 Å². The third kappa shape index (κ3) is 42.4. The zero-order valence-corrected chi connectivity index (χ0v) is 60.3. The molecule has 540 valence electrons. The molecule has 0 saturated carbocycles. The number of nitrogens with two attached hydrogens (primary N) is 8. The van der Waals surface area contributed by atoms with Crippen molar-refractivity contribution < 1.29 is 119 Å². The first-order valence-corrected chi connectivity index (χ1v) is 29.7. The molecular weight excluding hydrogens is 1400 g/mol. The number of hydrazine groups is 4. The molecule has 0 spiro atoms. The fraction of sp³-hybridized carbons (Fsp3) is 0.262. The number of aliphatic carboxylic acids is 1. The number of carboxylic acids is 1. The van der Waals surface area contributed by atoms with E-state index in [0.717, 1.165) is 15.6 Å². The van der Waals surface area contributed by atoms with Gasteiger partial charge in [-0.3, -0.25) is 9.92 Å². The van der Waals surface area contributed by atoms with Gasteiger partial charge in [0.2, 0.25) is 0 Å². The Morgan fingerprint density at radius 3 is 0.970 bits per heavy atom. The number of alkyl halides is 1. The van der Waals surface area contributed by atoms with E-state index in [0.29, 0.717) is 44.5 Å². The van der Waals surface area contributed by atoms with Crippen molar-refractivity contribution in [1.29, 1.82) is 0 Å². The molecule has 6 aromatic carbocycles. The topological polar surface area (TPSA) is 475 Å². The van der Waals surface area contributed by atoms with E-state index in [9.17, 15) is 45.5 Å². The molecular formula is C65H85BrF6LiN18NaO9. The summed E-state index contributed by atoms with van der Waals surface area (Å²) in [4.78, 5) is 49.3. The molecule has 101 heavy (non-hydrogen) atoms. The Morgan fingerprint density at radius 1 is 0.475 bits per heavy atom. The summed E-state index contributed by atoms with van der Waals surface area (Å²) in [6, 6.07) is 36.4. The van der Waals surface area contributed by atoms with E-state index >= 15 is 0 Å². The molecule has 0 fully saturated rings. The predicted octanol–water partition coefficient (Wildman–Crippen LogP) is 5.23. The molecule has 0 aliphatic carbocycles. The minimum Gasteiger partial charge on any atom is -0.870 e. The molecule has 6 rings (SSSR count). The van der Waals surface area contributed by atoms with Gasteiger partial charge >= 0.3 is 72.3 Å². The van der Waals surface area contributed by atoms with Gasteiger partial charge in [-0.2, -0.15) is 0 Å². The van der Waals surface area contributed by atoms with Crippen LogP contribution in [0.5, 0.6) is 0 Å². The fourth-order valence-electron chi connectivity index (χ4n) is 7.17. The van der Waals surface area contributed by atoms with Crippen molar-refractivity contribution in [2.45, 2.75) is 93.9 Å². The second-order valence-corrected chi connectivity index (χ2v) is 20.0. The Bertz CT molecular complexity index is 3630. The molecule has 18 N–H and O–H groups in total. The minimum atomic E-state index is -1.24. The van der Waals surface area contributed by atoms with Crippen molar-refractivity contribution >= 4 is 39.8 Å². The second kappa shape index (κ2) is 56.4. The monoisotopic (exact) mass is 1480 g/mol. The summed E-state index contributed by atoms with van der Waals surface area (Å²) in [5.74, 6) is 18.1. The van der Waals surface area contributed by atoms with Gasteiger partial charge in [0.1, 0.15) is 52.0 Å². The van der Waals surface area contributed by atoms with Gasteiger partial charge in [0.05, 0.1) is 69.6 Å². The van der Waals surface area contributed by atoms with Gasteiger partial charge in [-0.25, -0.2) is 68.9 Å². The van der Waals surface area contributed by atoms with Crippen LogP contribution in [0, 0.1) is 34.9 Å². The maximum Gasteiger partial charge on any atom is 1.00 e. The Labute approximate surface area is 625 Å². The average molecular weight is 1490 g/mol. The first-order valence-electron chi connectivity index (χ1n) is 28.6. The molecule has 0 heterocycles. The maximum atomic E-state index is 13.1. The van der Waals surface area contributed by atoms with E-state index in [1.165, 1.54) is 94.6 Å². The van der Waals surface area contributed by atoms with E-state index in [-0.39, 0.29) is 183 Å². The van der Waals surface area contributed by atoms with E-state index in [2.05, 4.69) is 26.0 Å². The van der Waals surface area contributed by atoms with Crippen LogP contribution in [0.3, 0.4) is 0 Å². The number of halogens is 7. The van der Waals surface area contributed by atoms with Crippen LogP contribution in [0.4, 0.5) is 26.3 Å². The van der Waals surface area contributed by atoms with E-state index in [1.54, 1.807) is 108 Å². The normalized spacial score (nSPS) is 10.6. The molecule has 0 unspecified atom stereocenters. The smallest absolute Gasteiger partial charge is 0.870 e. The number of nitrogens with zero attached hydrogens (tertiary/aromatic N) is 10. The van der Waals surface area contributed by atoms with Crippen molar-refractivity contribution in [2.75, 3.05) is 19.8 Å². The zero-order chi connectivity index (χ0) is 73.7. The summed E-state index contributed by atoms with van der Waals surface area (Å²) in [7, 11) is 0. The Kier molecular flexibility index (Phi) is 56.0. The van der Waals surface area contributed by atoms with E-state index in [4.69, 9.17) is 82.2 Å². The van der Waals surface area contributed by atoms with Crippen molar-refractivity contribution in [2.24, 2.45) is 51.4 Å². The number of azide groups is 1. The summed E-state index contributed by atoms with van der Waals surface area (Å²) in [5, 5.41) is 17.6. The molecule has 36 heteroatoms. The number of hydrogen-bond donors (Lipinski definition) is 9. The molecule has 0 amide bonds. The fourth-order valence-corrected chi connectivity index (χ4v) is 7.52. The molecule has 0 aliphatic heterocycles. The van der Waals surface area contributed by atoms with Crippen LogP contribution >= 0.6 is 15.9 Å². The Morgan fingerprint density at radius 2 is 0.723 bits per heavy atom. The van der Waals surface area contributed by atoms with Crippen LogP contribution in [-0.2, 0) is 71.4 Å². The van der Waals surface area contributed by atoms with Crippen molar-refractivity contribution in [3.63, 3.8) is 0 Å². The molecule has 0 saturated heterocycles. The summed E-state index contributed by atoms with van der Waals surface area (Å²) in [6.07, 6.45) is 0. The molecule has 0 bridgehead atoms.